The fourth-order valence-corrected chi connectivity index (χ4v) is 2.97. The average molecular weight is 316 g/mol. The van der Waals surface area contributed by atoms with Crippen molar-refractivity contribution in [1.29, 1.82) is 0 Å². The van der Waals surface area contributed by atoms with Gasteiger partial charge in [0.2, 0.25) is 5.95 Å². The highest BCUT2D eigenvalue weighted by molar-refractivity contribution is 5.91. The van der Waals surface area contributed by atoms with Gasteiger partial charge >= 0.3 is 0 Å². The van der Waals surface area contributed by atoms with Gasteiger partial charge in [-0.3, -0.25) is 0 Å². The molecule has 1 aromatic heterocycles. The lowest BCUT2D eigenvalue weighted by Crippen LogP contribution is -2.70. The van der Waals surface area contributed by atoms with Crippen molar-refractivity contribution in [3.05, 3.63) is 12.1 Å². The number of benzene rings is 1. The number of hydrogen-bond donors (Lipinski definition) is 1. The summed E-state index contributed by atoms with van der Waals surface area (Å²) in [5, 5.41) is 0.768. The number of ether oxygens (including phenoxy) is 2. The van der Waals surface area contributed by atoms with Gasteiger partial charge in [0.15, 0.2) is 11.5 Å². The lowest BCUT2D eigenvalue weighted by Gasteiger charge is -2.61. The number of nitrogens with two attached hydrogens (primary N) is 1. The summed E-state index contributed by atoms with van der Waals surface area (Å²) in [6, 6.07) is 3.66. The van der Waals surface area contributed by atoms with Crippen molar-refractivity contribution in [2.45, 2.75) is 33.2 Å². The molecule has 1 aliphatic rings. The Labute approximate surface area is 136 Å². The molecule has 6 nitrogen and oxygen atoms in total. The highest BCUT2D eigenvalue weighted by Gasteiger charge is 2.53. The molecule has 0 radical (unpaired) electrons. The third-order valence-corrected chi connectivity index (χ3v) is 5.34. The Hall–Kier alpha value is -2.24. The van der Waals surface area contributed by atoms with Crippen LogP contribution < -0.4 is 20.1 Å². The van der Waals surface area contributed by atoms with Gasteiger partial charge in [0.1, 0.15) is 5.82 Å². The van der Waals surface area contributed by atoms with Crippen LogP contribution in [0.3, 0.4) is 0 Å². The van der Waals surface area contributed by atoms with Crippen molar-refractivity contribution in [2.24, 2.45) is 5.41 Å². The Morgan fingerprint density at radius 2 is 1.65 bits per heavy atom. The molecule has 1 aliphatic heterocycles. The Bertz CT molecular complexity index is 771. The van der Waals surface area contributed by atoms with Gasteiger partial charge in [-0.1, -0.05) is 13.8 Å². The maximum Gasteiger partial charge on any atom is 0.228 e. The minimum absolute atomic E-state index is 0.0241. The van der Waals surface area contributed by atoms with Crippen LogP contribution in [0.25, 0.3) is 10.9 Å². The van der Waals surface area contributed by atoms with E-state index in [4.69, 9.17) is 20.2 Å². The van der Waals surface area contributed by atoms with E-state index >= 15 is 0 Å². The van der Waals surface area contributed by atoms with Crippen molar-refractivity contribution >= 4 is 22.7 Å². The number of rotatable bonds is 3. The molecule has 2 N–H and O–H groups in total. The molecule has 0 atom stereocenters. The Morgan fingerprint density at radius 3 is 2.17 bits per heavy atom. The second-order valence-corrected chi connectivity index (χ2v) is 7.16. The first-order valence-electron chi connectivity index (χ1n) is 7.68. The van der Waals surface area contributed by atoms with Crippen LogP contribution in [0.15, 0.2) is 12.1 Å². The SMILES string of the molecule is COc1cc2nc(N3CC(C)(C)C3(C)C)nc(N)c2cc1OC. The van der Waals surface area contributed by atoms with E-state index in [1.165, 1.54) is 0 Å². The average Bonchev–Trinajstić information content (AvgIpc) is 2.51. The molecule has 0 spiro atoms. The van der Waals surface area contributed by atoms with Crippen molar-refractivity contribution in [2.75, 3.05) is 31.4 Å². The van der Waals surface area contributed by atoms with Crippen LogP contribution in [0.1, 0.15) is 27.7 Å². The van der Waals surface area contributed by atoms with Gasteiger partial charge in [-0.15, -0.1) is 0 Å². The largest absolute Gasteiger partial charge is 0.493 e. The van der Waals surface area contributed by atoms with Crippen molar-refractivity contribution in [3.8, 4) is 11.5 Å². The van der Waals surface area contributed by atoms with E-state index in [2.05, 4.69) is 37.6 Å². The molecule has 0 bridgehead atoms. The fraction of sp³-hybridized carbons (Fsp3) is 0.529. The number of methoxy groups -OCH3 is 2. The van der Waals surface area contributed by atoms with E-state index in [9.17, 15) is 0 Å². The summed E-state index contributed by atoms with van der Waals surface area (Å²) in [4.78, 5) is 11.4. The standard InChI is InChI=1S/C17H24N4O2/c1-16(2)9-21(17(16,3)4)15-19-11-8-13(23-6)12(22-5)7-10(11)14(18)20-15/h7-8H,9H2,1-6H3,(H2,18,19,20). The van der Waals surface area contributed by atoms with Crippen LogP contribution in [-0.4, -0.2) is 36.3 Å². The van der Waals surface area contributed by atoms with Gasteiger partial charge in [-0.05, 0) is 19.9 Å². The second kappa shape index (κ2) is 4.88. The van der Waals surface area contributed by atoms with E-state index in [0.717, 1.165) is 17.4 Å². The number of aromatic nitrogens is 2. The van der Waals surface area contributed by atoms with Crippen LogP contribution in [0.4, 0.5) is 11.8 Å². The smallest absolute Gasteiger partial charge is 0.228 e. The molecule has 124 valence electrons. The Kier molecular flexibility index (Phi) is 3.32. The minimum Gasteiger partial charge on any atom is -0.493 e. The summed E-state index contributed by atoms with van der Waals surface area (Å²) in [7, 11) is 3.20. The van der Waals surface area contributed by atoms with Crippen LogP contribution in [0.5, 0.6) is 11.5 Å². The lowest BCUT2D eigenvalue weighted by atomic mass is 9.65. The van der Waals surface area contributed by atoms with Crippen LogP contribution in [0, 0.1) is 5.41 Å². The molecule has 2 aromatic rings. The maximum absolute atomic E-state index is 6.17. The molecular formula is C17H24N4O2. The molecule has 1 aromatic carbocycles. The van der Waals surface area contributed by atoms with Crippen LogP contribution in [-0.2, 0) is 0 Å². The van der Waals surface area contributed by atoms with E-state index in [0.29, 0.717) is 23.3 Å². The predicted octanol–water partition coefficient (Wildman–Crippen LogP) is 2.85. The van der Waals surface area contributed by atoms with Gasteiger partial charge in [0.25, 0.3) is 0 Å². The zero-order valence-corrected chi connectivity index (χ0v) is 14.6. The predicted molar refractivity (Wildman–Crippen MR) is 92.3 cm³/mol. The number of nitrogens with zero attached hydrogens (tertiary/aromatic N) is 3. The highest BCUT2D eigenvalue weighted by Crippen LogP contribution is 2.48. The van der Waals surface area contributed by atoms with E-state index in [-0.39, 0.29) is 11.0 Å². The summed E-state index contributed by atoms with van der Waals surface area (Å²) in [6.45, 7) is 9.81. The van der Waals surface area contributed by atoms with Crippen molar-refractivity contribution < 1.29 is 9.47 Å². The molecule has 3 rings (SSSR count). The van der Waals surface area contributed by atoms with Crippen LogP contribution >= 0.6 is 0 Å². The third kappa shape index (κ3) is 2.16. The fourth-order valence-electron chi connectivity index (χ4n) is 2.97. The van der Waals surface area contributed by atoms with Gasteiger partial charge in [-0.25, -0.2) is 4.98 Å². The Morgan fingerprint density at radius 1 is 1.04 bits per heavy atom. The lowest BCUT2D eigenvalue weighted by molar-refractivity contribution is 0.0954. The molecule has 0 saturated carbocycles. The minimum atomic E-state index is -0.0241. The van der Waals surface area contributed by atoms with Crippen LogP contribution in [0.2, 0.25) is 0 Å². The normalized spacial score (nSPS) is 18.6. The Balaban J connectivity index is 2.12. The summed E-state index contributed by atoms with van der Waals surface area (Å²) in [6.07, 6.45) is 0. The first-order valence-corrected chi connectivity index (χ1v) is 7.68. The molecular weight excluding hydrogens is 292 g/mol. The summed E-state index contributed by atoms with van der Waals surface area (Å²) < 4.78 is 10.7. The van der Waals surface area contributed by atoms with Gasteiger partial charge < -0.3 is 20.1 Å². The highest BCUT2D eigenvalue weighted by atomic mass is 16.5. The summed E-state index contributed by atoms with van der Waals surface area (Å²) >= 11 is 0. The van der Waals surface area contributed by atoms with Gasteiger partial charge in [0, 0.05) is 29.0 Å². The van der Waals surface area contributed by atoms with Gasteiger partial charge in [0.05, 0.1) is 19.7 Å². The first-order chi connectivity index (χ1) is 10.7. The number of nitrogen functional groups attached to an aromatic ring is 1. The quantitative estimate of drug-likeness (QED) is 0.938. The number of hydrogen-bond acceptors (Lipinski definition) is 6. The molecule has 2 heterocycles. The van der Waals surface area contributed by atoms with E-state index in [1.54, 1.807) is 14.2 Å². The molecule has 0 unspecified atom stereocenters. The molecule has 0 aliphatic carbocycles. The zero-order chi connectivity index (χ0) is 17.0. The topological polar surface area (TPSA) is 73.5 Å². The summed E-state index contributed by atoms with van der Waals surface area (Å²) in [5.41, 5.74) is 7.11. The second-order valence-electron chi connectivity index (χ2n) is 7.16. The van der Waals surface area contributed by atoms with E-state index in [1.807, 2.05) is 12.1 Å². The monoisotopic (exact) mass is 316 g/mol. The van der Waals surface area contributed by atoms with Crippen molar-refractivity contribution in [3.63, 3.8) is 0 Å². The maximum atomic E-state index is 6.17. The number of fused-ring (bicyclic) bond motifs is 1. The molecule has 0 amide bonds. The molecule has 23 heavy (non-hydrogen) atoms. The zero-order valence-electron chi connectivity index (χ0n) is 14.6. The number of anilines is 2. The molecule has 1 saturated heterocycles. The molecule has 1 fully saturated rings. The molecule has 6 heteroatoms. The third-order valence-electron chi connectivity index (χ3n) is 5.34. The summed E-state index contributed by atoms with van der Waals surface area (Å²) in [5.74, 6) is 2.36. The van der Waals surface area contributed by atoms with Gasteiger partial charge in [-0.2, -0.15) is 4.98 Å². The van der Waals surface area contributed by atoms with E-state index < -0.39 is 0 Å². The first kappa shape index (κ1) is 15.6. The van der Waals surface area contributed by atoms with Crippen molar-refractivity contribution in [1.82, 2.24) is 9.97 Å².